The Labute approximate surface area is 246 Å². The van der Waals surface area contributed by atoms with Crippen LogP contribution in [0.15, 0.2) is 95.6 Å². The van der Waals surface area contributed by atoms with Gasteiger partial charge in [-0.25, -0.2) is 0 Å². The van der Waals surface area contributed by atoms with Crippen molar-refractivity contribution < 1.29 is 24.2 Å². The van der Waals surface area contributed by atoms with E-state index in [2.05, 4.69) is 12.2 Å². The predicted octanol–water partition coefficient (Wildman–Crippen LogP) is 6.49. The van der Waals surface area contributed by atoms with Gasteiger partial charge in [0.2, 0.25) is 11.8 Å². The van der Waals surface area contributed by atoms with Gasteiger partial charge in [-0.3, -0.25) is 14.5 Å². The number of fused-ring (bicyclic) bond motifs is 3. The summed E-state index contributed by atoms with van der Waals surface area (Å²) < 4.78 is 11.9. The lowest BCUT2D eigenvalue weighted by Gasteiger charge is -2.31. The first kappa shape index (κ1) is 27.9. The van der Waals surface area contributed by atoms with Crippen molar-refractivity contribution in [1.82, 2.24) is 0 Å². The lowest BCUT2D eigenvalue weighted by atomic mass is 9.69. The third-order valence-electron chi connectivity index (χ3n) is 8.65. The summed E-state index contributed by atoms with van der Waals surface area (Å²) in [6, 6.07) is 24.6. The Kier molecular flexibility index (Phi) is 7.96. The number of hydrogen-bond acceptors (Lipinski definition) is 6. The van der Waals surface area contributed by atoms with Crippen molar-refractivity contribution >= 4 is 35.0 Å². The van der Waals surface area contributed by atoms with Gasteiger partial charge in [-0.1, -0.05) is 48.0 Å². The number of phenolic OH excluding ortho intramolecular Hbond substituents is 1. The molecule has 42 heavy (non-hydrogen) atoms. The summed E-state index contributed by atoms with van der Waals surface area (Å²) in [5, 5.41) is 13.5. The number of para-hydroxylation sites is 2. The molecule has 4 atom stereocenters. The highest BCUT2D eigenvalue weighted by Gasteiger charge is 2.57. The zero-order chi connectivity index (χ0) is 29.2. The number of hydrogen-bond donors (Lipinski definition) is 2. The van der Waals surface area contributed by atoms with Crippen LogP contribution in [-0.4, -0.2) is 43.3 Å². The molecule has 1 aliphatic carbocycles. The summed E-state index contributed by atoms with van der Waals surface area (Å²) in [5.74, 6) is -1.02. The minimum atomic E-state index is -0.432. The number of ether oxygens (including phenoxy) is 2. The first-order chi connectivity index (χ1) is 20.4. The van der Waals surface area contributed by atoms with Gasteiger partial charge in [-0.05, 0) is 79.8 Å². The van der Waals surface area contributed by atoms with Crippen molar-refractivity contribution in [2.45, 2.75) is 32.3 Å². The highest BCUT2D eigenvalue weighted by atomic mass is 16.5. The molecular formula is C35H36N2O5. The number of aromatic hydroxyl groups is 1. The SMILES string of the molecule is COCC1=C2[C@@H](CC/C(C)=C/c3ccccc3O)OC[C@@H]2[C@@H]2C(=O)N(c3ccc(Nc4ccccc4)cc3)C(=O)[C@@H]2C1. The average Bonchev–Trinajstić information content (AvgIpc) is 3.53. The lowest BCUT2D eigenvalue weighted by molar-refractivity contribution is -0.122. The maximum Gasteiger partial charge on any atom is 0.238 e. The molecule has 2 N–H and O–H groups in total. The van der Waals surface area contributed by atoms with Gasteiger partial charge < -0.3 is 19.9 Å². The molecule has 3 aromatic rings. The van der Waals surface area contributed by atoms with E-state index in [-0.39, 0.29) is 29.6 Å². The molecule has 0 saturated carbocycles. The van der Waals surface area contributed by atoms with Gasteiger partial charge in [-0.2, -0.15) is 0 Å². The molecule has 7 nitrogen and oxygen atoms in total. The van der Waals surface area contributed by atoms with E-state index in [9.17, 15) is 14.7 Å². The second-order valence-electron chi connectivity index (χ2n) is 11.4. The summed E-state index contributed by atoms with van der Waals surface area (Å²) in [4.78, 5) is 29.0. The number of anilines is 3. The van der Waals surface area contributed by atoms with Gasteiger partial charge in [0.15, 0.2) is 0 Å². The molecule has 2 heterocycles. The van der Waals surface area contributed by atoms with Crippen molar-refractivity contribution in [1.29, 1.82) is 0 Å². The molecular weight excluding hydrogens is 528 g/mol. The van der Waals surface area contributed by atoms with E-state index < -0.39 is 11.8 Å². The number of carbonyl (C=O) groups is 2. The van der Waals surface area contributed by atoms with E-state index >= 15 is 0 Å². The number of nitrogens with one attached hydrogen (secondary N) is 1. The van der Waals surface area contributed by atoms with Gasteiger partial charge in [0.1, 0.15) is 5.75 Å². The number of imide groups is 1. The van der Waals surface area contributed by atoms with Gasteiger partial charge in [-0.15, -0.1) is 0 Å². The van der Waals surface area contributed by atoms with E-state index in [1.165, 1.54) is 4.90 Å². The van der Waals surface area contributed by atoms with Crippen LogP contribution in [0.4, 0.5) is 17.1 Å². The van der Waals surface area contributed by atoms with Gasteiger partial charge in [0.05, 0.1) is 36.8 Å². The summed E-state index contributed by atoms with van der Waals surface area (Å²) in [5.41, 5.74) is 6.58. The molecule has 0 radical (unpaired) electrons. The summed E-state index contributed by atoms with van der Waals surface area (Å²) in [6.07, 6.45) is 3.92. The zero-order valence-corrected chi connectivity index (χ0v) is 24.0. The van der Waals surface area contributed by atoms with E-state index in [0.717, 1.165) is 46.5 Å². The number of carbonyl (C=O) groups excluding carboxylic acids is 2. The maximum absolute atomic E-state index is 13.9. The van der Waals surface area contributed by atoms with Crippen LogP contribution in [-0.2, 0) is 19.1 Å². The van der Waals surface area contributed by atoms with Crippen LogP contribution in [0.5, 0.6) is 5.75 Å². The fraction of sp³-hybridized carbons (Fsp3) is 0.314. The topological polar surface area (TPSA) is 88.1 Å². The van der Waals surface area contributed by atoms with E-state index in [4.69, 9.17) is 9.47 Å². The van der Waals surface area contributed by atoms with E-state index in [1.54, 1.807) is 13.2 Å². The van der Waals surface area contributed by atoms with E-state index in [0.29, 0.717) is 25.3 Å². The Hall–Kier alpha value is -4.20. The highest BCUT2D eigenvalue weighted by Crippen LogP contribution is 2.50. The molecule has 0 unspecified atom stereocenters. The van der Waals surface area contributed by atoms with Crippen molar-refractivity contribution in [2.24, 2.45) is 17.8 Å². The van der Waals surface area contributed by atoms with Crippen LogP contribution in [0.1, 0.15) is 31.7 Å². The zero-order valence-electron chi connectivity index (χ0n) is 24.0. The quantitative estimate of drug-likeness (QED) is 0.228. The Bertz CT molecular complexity index is 1530. The maximum atomic E-state index is 13.9. The molecule has 2 fully saturated rings. The molecule has 7 heteroatoms. The smallest absolute Gasteiger partial charge is 0.238 e. The Morgan fingerprint density at radius 1 is 0.976 bits per heavy atom. The molecule has 2 amide bonds. The second kappa shape index (κ2) is 12.0. The van der Waals surface area contributed by atoms with Crippen LogP contribution in [0.25, 0.3) is 6.08 Å². The van der Waals surface area contributed by atoms with Crippen LogP contribution < -0.4 is 10.2 Å². The minimum Gasteiger partial charge on any atom is -0.507 e. The third-order valence-corrected chi connectivity index (χ3v) is 8.65. The van der Waals surface area contributed by atoms with Crippen molar-refractivity contribution in [2.75, 3.05) is 30.5 Å². The Balaban J connectivity index is 1.19. The second-order valence-corrected chi connectivity index (χ2v) is 11.4. The van der Waals surface area contributed by atoms with Crippen LogP contribution >= 0.6 is 0 Å². The largest absolute Gasteiger partial charge is 0.507 e. The molecule has 3 aliphatic rings. The van der Waals surface area contributed by atoms with Gasteiger partial charge in [0, 0.05) is 30.0 Å². The minimum absolute atomic E-state index is 0.130. The van der Waals surface area contributed by atoms with Crippen molar-refractivity contribution in [3.63, 3.8) is 0 Å². The number of amides is 2. The van der Waals surface area contributed by atoms with E-state index in [1.807, 2.05) is 78.9 Å². The first-order valence-electron chi connectivity index (χ1n) is 14.5. The van der Waals surface area contributed by atoms with Gasteiger partial charge >= 0.3 is 0 Å². The monoisotopic (exact) mass is 564 g/mol. The Morgan fingerprint density at radius 3 is 2.43 bits per heavy atom. The number of allylic oxidation sites excluding steroid dienone is 1. The molecule has 6 rings (SSSR count). The average molecular weight is 565 g/mol. The molecule has 0 aromatic heterocycles. The lowest BCUT2D eigenvalue weighted by Crippen LogP contribution is -2.35. The molecule has 0 spiro atoms. The fourth-order valence-corrected chi connectivity index (χ4v) is 6.72. The number of methoxy groups -OCH3 is 1. The highest BCUT2D eigenvalue weighted by molar-refractivity contribution is 6.22. The number of phenols is 1. The number of benzene rings is 3. The third kappa shape index (κ3) is 5.38. The van der Waals surface area contributed by atoms with Crippen LogP contribution in [0.2, 0.25) is 0 Å². The summed E-state index contributed by atoms with van der Waals surface area (Å²) >= 11 is 0. The standard InChI is InChI=1S/C35H36N2O5/c1-22(18-23-8-6-7-11-30(23)38)12-17-31-32-24(20-41-2)19-28-33(29(32)21-42-31)35(40)37(34(28)39)27-15-13-26(14-16-27)36-25-9-4-3-5-10-25/h3-11,13-16,18,28-29,31,33,36,38H,12,17,19-21H2,1-2H3/b22-18+/t28-,29+,31-,33-/m1/s1. The normalized spacial score (nSPS) is 23.8. The van der Waals surface area contributed by atoms with Crippen LogP contribution in [0, 0.1) is 17.8 Å². The fourth-order valence-electron chi connectivity index (χ4n) is 6.72. The summed E-state index contributed by atoms with van der Waals surface area (Å²) in [7, 11) is 1.66. The molecule has 0 bridgehead atoms. The van der Waals surface area contributed by atoms with Crippen molar-refractivity contribution in [3.05, 3.63) is 101 Å². The molecule has 216 valence electrons. The summed E-state index contributed by atoms with van der Waals surface area (Å²) in [6.45, 7) is 2.89. The Morgan fingerprint density at radius 2 is 1.69 bits per heavy atom. The molecule has 2 saturated heterocycles. The van der Waals surface area contributed by atoms with Crippen molar-refractivity contribution in [3.8, 4) is 5.75 Å². The predicted molar refractivity (Wildman–Crippen MR) is 163 cm³/mol. The number of nitrogens with zero attached hydrogens (tertiary/aromatic N) is 1. The number of rotatable bonds is 9. The van der Waals surface area contributed by atoms with Gasteiger partial charge in [0.25, 0.3) is 0 Å². The van der Waals surface area contributed by atoms with Crippen LogP contribution in [0.3, 0.4) is 0 Å². The first-order valence-corrected chi connectivity index (χ1v) is 14.5. The molecule has 2 aliphatic heterocycles. The molecule has 3 aromatic carbocycles.